The monoisotopic (exact) mass is 367 g/mol. The fourth-order valence-electron chi connectivity index (χ4n) is 1.75. The molecule has 7 heteroatoms. The number of H-pyrrole nitrogens is 1. The summed E-state index contributed by atoms with van der Waals surface area (Å²) in [4.78, 5) is 4.38. The molecule has 0 saturated carbocycles. The number of hydrogen-bond acceptors (Lipinski definition) is 5. The first-order chi connectivity index (χ1) is 9.16. The molecule has 0 spiro atoms. The van der Waals surface area contributed by atoms with Crippen LogP contribution in [-0.2, 0) is 0 Å². The first-order valence-corrected chi connectivity index (χ1v) is 6.63. The van der Waals surface area contributed by atoms with Gasteiger partial charge in [-0.3, -0.25) is 5.10 Å². The number of halogens is 1. The fourth-order valence-corrected chi connectivity index (χ4v) is 2.24. The van der Waals surface area contributed by atoms with Crippen LogP contribution in [0.25, 0.3) is 23.0 Å². The number of aromatic nitrogens is 4. The van der Waals surface area contributed by atoms with Crippen molar-refractivity contribution in [1.82, 2.24) is 20.3 Å². The van der Waals surface area contributed by atoms with Gasteiger partial charge >= 0.3 is 0 Å². The van der Waals surface area contributed by atoms with E-state index in [0.29, 0.717) is 17.4 Å². The summed E-state index contributed by atoms with van der Waals surface area (Å²) in [7, 11) is 0. The zero-order valence-electron chi connectivity index (χ0n) is 10.0. The maximum Gasteiger partial charge on any atom is 0.277 e. The van der Waals surface area contributed by atoms with Crippen LogP contribution in [0.2, 0.25) is 0 Å². The Morgan fingerprint density at radius 2 is 2.21 bits per heavy atom. The lowest BCUT2D eigenvalue weighted by atomic mass is 10.1. The molecule has 0 saturated heterocycles. The maximum absolute atomic E-state index is 5.88. The largest absolute Gasteiger partial charge is 0.398 e. The molecule has 96 valence electrons. The van der Waals surface area contributed by atoms with Crippen LogP contribution in [0.15, 0.2) is 28.9 Å². The van der Waals surface area contributed by atoms with Crippen molar-refractivity contribution < 1.29 is 4.52 Å². The Morgan fingerprint density at radius 3 is 2.95 bits per heavy atom. The molecule has 0 fully saturated rings. The van der Waals surface area contributed by atoms with Crippen molar-refractivity contribution in [2.45, 2.75) is 6.92 Å². The van der Waals surface area contributed by atoms with E-state index in [4.69, 9.17) is 10.3 Å². The Morgan fingerprint density at radius 1 is 1.37 bits per heavy atom. The van der Waals surface area contributed by atoms with Crippen LogP contribution < -0.4 is 5.73 Å². The number of hydrogen-bond donors (Lipinski definition) is 2. The Labute approximate surface area is 122 Å². The molecule has 6 nitrogen and oxygen atoms in total. The molecular formula is C12H10IN5O. The summed E-state index contributed by atoms with van der Waals surface area (Å²) in [6, 6.07) is 5.63. The Hall–Kier alpha value is -1.90. The highest BCUT2D eigenvalue weighted by Crippen LogP contribution is 2.27. The Kier molecular flexibility index (Phi) is 2.97. The van der Waals surface area contributed by atoms with Gasteiger partial charge in [-0.15, -0.1) is 0 Å². The molecule has 3 rings (SSSR count). The molecule has 3 aromatic rings. The molecule has 1 aromatic carbocycles. The van der Waals surface area contributed by atoms with Gasteiger partial charge in [0, 0.05) is 11.3 Å². The normalized spacial score (nSPS) is 10.8. The molecular weight excluding hydrogens is 357 g/mol. The third-order valence-corrected chi connectivity index (χ3v) is 3.67. The van der Waals surface area contributed by atoms with Crippen LogP contribution in [0.3, 0.4) is 0 Å². The quantitative estimate of drug-likeness (QED) is 0.537. The van der Waals surface area contributed by atoms with E-state index in [-0.39, 0.29) is 0 Å². The molecule has 0 unspecified atom stereocenters. The van der Waals surface area contributed by atoms with Gasteiger partial charge in [0.15, 0.2) is 0 Å². The number of nitrogens with one attached hydrogen (secondary N) is 1. The molecule has 0 aliphatic rings. The highest BCUT2D eigenvalue weighted by molar-refractivity contribution is 14.1. The number of aromatic amines is 1. The molecule has 3 N–H and O–H groups in total. The number of rotatable bonds is 2. The van der Waals surface area contributed by atoms with Crippen LogP contribution in [0, 0.1) is 10.5 Å². The van der Waals surface area contributed by atoms with Crippen LogP contribution in [-0.4, -0.2) is 20.3 Å². The van der Waals surface area contributed by atoms with E-state index >= 15 is 0 Å². The van der Waals surface area contributed by atoms with Gasteiger partial charge in [-0.2, -0.15) is 10.1 Å². The molecule has 0 aliphatic heterocycles. The first-order valence-electron chi connectivity index (χ1n) is 5.55. The second-order valence-electron chi connectivity index (χ2n) is 4.04. The van der Waals surface area contributed by atoms with E-state index in [1.807, 2.05) is 25.1 Å². The average Bonchev–Trinajstić information content (AvgIpc) is 3.01. The predicted molar refractivity (Wildman–Crippen MR) is 79.2 cm³/mol. The Balaban J connectivity index is 2.07. The number of benzene rings is 1. The minimum Gasteiger partial charge on any atom is -0.398 e. The molecule has 19 heavy (non-hydrogen) atoms. The van der Waals surface area contributed by atoms with Gasteiger partial charge in [0.2, 0.25) is 5.82 Å². The summed E-state index contributed by atoms with van der Waals surface area (Å²) in [6.07, 6.45) is 1.70. The van der Waals surface area contributed by atoms with Crippen molar-refractivity contribution in [3.63, 3.8) is 0 Å². The summed E-state index contributed by atoms with van der Waals surface area (Å²) in [6.45, 7) is 1.93. The first kappa shape index (κ1) is 12.2. The van der Waals surface area contributed by atoms with E-state index in [2.05, 4.69) is 42.9 Å². The summed E-state index contributed by atoms with van der Waals surface area (Å²) in [5.74, 6) is 0.934. The van der Waals surface area contributed by atoms with E-state index < -0.39 is 0 Å². The molecule has 2 heterocycles. The second-order valence-corrected chi connectivity index (χ2v) is 5.20. The second kappa shape index (κ2) is 4.65. The Bertz CT molecular complexity index is 733. The molecule has 0 bridgehead atoms. The summed E-state index contributed by atoms with van der Waals surface area (Å²) < 4.78 is 6.19. The van der Waals surface area contributed by atoms with Gasteiger partial charge in [-0.05, 0) is 41.1 Å². The van der Waals surface area contributed by atoms with Crippen LogP contribution in [0.5, 0.6) is 0 Å². The minimum absolute atomic E-state index is 0.415. The van der Waals surface area contributed by atoms with Gasteiger partial charge < -0.3 is 10.3 Å². The van der Waals surface area contributed by atoms with E-state index in [1.165, 1.54) is 0 Å². The van der Waals surface area contributed by atoms with Crippen molar-refractivity contribution in [2.75, 3.05) is 5.73 Å². The highest BCUT2D eigenvalue weighted by atomic mass is 127. The van der Waals surface area contributed by atoms with Crippen LogP contribution >= 0.6 is 22.6 Å². The van der Waals surface area contributed by atoms with E-state index in [0.717, 1.165) is 20.4 Å². The van der Waals surface area contributed by atoms with Gasteiger partial charge in [-0.1, -0.05) is 17.3 Å². The van der Waals surface area contributed by atoms with Crippen LogP contribution in [0.1, 0.15) is 5.56 Å². The topological polar surface area (TPSA) is 93.6 Å². The van der Waals surface area contributed by atoms with Crippen molar-refractivity contribution >= 4 is 28.3 Å². The lowest BCUT2D eigenvalue weighted by Crippen LogP contribution is -1.93. The van der Waals surface area contributed by atoms with Crippen molar-refractivity contribution in [1.29, 1.82) is 0 Å². The number of nitrogens with two attached hydrogens (primary N) is 1. The standard InChI is InChI=1S/C12H10IN5O/c1-6-7(3-2-4-9(6)14)11-16-12(19-18-11)10-8(13)5-15-17-10/h2-5H,14H2,1H3,(H,15,17). The number of anilines is 1. The SMILES string of the molecule is Cc1c(N)cccc1-c1noc(-c2[nH]ncc2I)n1. The smallest absolute Gasteiger partial charge is 0.277 e. The summed E-state index contributed by atoms with van der Waals surface area (Å²) in [5.41, 5.74) is 9.12. The van der Waals surface area contributed by atoms with Crippen molar-refractivity contribution in [3.05, 3.63) is 33.5 Å². The molecule has 2 aromatic heterocycles. The number of nitrogens with zero attached hydrogens (tertiary/aromatic N) is 3. The predicted octanol–water partition coefficient (Wildman–Crippen LogP) is 2.62. The van der Waals surface area contributed by atoms with Crippen molar-refractivity contribution in [2.24, 2.45) is 0 Å². The highest BCUT2D eigenvalue weighted by Gasteiger charge is 2.16. The van der Waals surface area contributed by atoms with Gasteiger partial charge in [-0.25, -0.2) is 0 Å². The maximum atomic E-state index is 5.88. The lowest BCUT2D eigenvalue weighted by molar-refractivity contribution is 0.430. The third kappa shape index (κ3) is 2.09. The van der Waals surface area contributed by atoms with Crippen LogP contribution in [0.4, 0.5) is 5.69 Å². The van der Waals surface area contributed by atoms with Gasteiger partial charge in [0.25, 0.3) is 5.89 Å². The zero-order valence-corrected chi connectivity index (χ0v) is 12.2. The number of nitrogen functional groups attached to an aromatic ring is 1. The van der Waals surface area contributed by atoms with E-state index in [9.17, 15) is 0 Å². The molecule has 0 atom stereocenters. The molecule has 0 amide bonds. The average molecular weight is 367 g/mol. The summed E-state index contributed by atoms with van der Waals surface area (Å²) >= 11 is 2.15. The summed E-state index contributed by atoms with van der Waals surface area (Å²) in [5, 5.41) is 10.8. The van der Waals surface area contributed by atoms with Crippen molar-refractivity contribution in [3.8, 4) is 23.0 Å². The minimum atomic E-state index is 0.415. The zero-order chi connectivity index (χ0) is 13.4. The third-order valence-electron chi connectivity index (χ3n) is 2.85. The lowest BCUT2D eigenvalue weighted by Gasteiger charge is -2.03. The van der Waals surface area contributed by atoms with E-state index in [1.54, 1.807) is 6.20 Å². The molecule has 0 aliphatic carbocycles. The van der Waals surface area contributed by atoms with Gasteiger partial charge in [0.1, 0.15) is 5.69 Å². The van der Waals surface area contributed by atoms with Gasteiger partial charge in [0.05, 0.1) is 9.77 Å². The molecule has 0 radical (unpaired) electrons. The fraction of sp³-hybridized carbons (Fsp3) is 0.0833.